The van der Waals surface area contributed by atoms with E-state index in [2.05, 4.69) is 11.1 Å². The maximum atomic E-state index is 10.8. The van der Waals surface area contributed by atoms with Crippen LogP contribution in [0, 0.1) is 5.92 Å². The van der Waals surface area contributed by atoms with E-state index in [4.69, 9.17) is 21.3 Å². The van der Waals surface area contributed by atoms with Gasteiger partial charge in [-0.2, -0.15) is 0 Å². The molecule has 1 atom stereocenters. The van der Waals surface area contributed by atoms with Crippen molar-refractivity contribution >= 4 is 11.9 Å². The molecule has 0 spiro atoms. The molecule has 0 saturated heterocycles. The van der Waals surface area contributed by atoms with Crippen LogP contribution in [0.4, 0.5) is 0 Å². The Bertz CT molecular complexity index is 554. The van der Waals surface area contributed by atoms with Crippen LogP contribution < -0.4 is 16.2 Å². The summed E-state index contributed by atoms with van der Waals surface area (Å²) in [6.07, 6.45) is 3.68. The number of benzene rings is 1. The Morgan fingerprint density at radius 3 is 2.91 bits per heavy atom. The van der Waals surface area contributed by atoms with Gasteiger partial charge >= 0.3 is 5.97 Å². The summed E-state index contributed by atoms with van der Waals surface area (Å²) in [4.78, 5) is 14.7. The molecule has 0 bridgehead atoms. The molecule has 0 radical (unpaired) electrons. The van der Waals surface area contributed by atoms with Gasteiger partial charge in [0.2, 0.25) is 0 Å². The van der Waals surface area contributed by atoms with Gasteiger partial charge < -0.3 is 21.3 Å². The lowest BCUT2D eigenvalue weighted by molar-refractivity contribution is -0.138. The molecule has 1 aromatic rings. The predicted molar refractivity (Wildman–Crippen MR) is 85.0 cm³/mol. The normalized spacial score (nSPS) is 16.6. The van der Waals surface area contributed by atoms with Crippen LogP contribution in [0.15, 0.2) is 23.2 Å². The maximum Gasteiger partial charge on any atom is 0.303 e. The Kier molecular flexibility index (Phi) is 5.63. The predicted octanol–water partition coefficient (Wildman–Crippen LogP) is 1.31. The van der Waals surface area contributed by atoms with Gasteiger partial charge in [-0.05, 0) is 48.4 Å². The summed E-state index contributed by atoms with van der Waals surface area (Å²) in [5, 5.41) is 8.92. The van der Waals surface area contributed by atoms with Crippen molar-refractivity contribution in [2.75, 3.05) is 13.2 Å². The molecular weight excluding hydrogens is 282 g/mol. The lowest BCUT2D eigenvalue weighted by atomic mass is 9.82. The van der Waals surface area contributed by atoms with Crippen molar-refractivity contribution in [2.45, 2.75) is 32.1 Å². The number of rotatable bonds is 7. The molecule has 0 aliphatic heterocycles. The first-order valence-electron chi connectivity index (χ1n) is 7.56. The van der Waals surface area contributed by atoms with Gasteiger partial charge in [0.15, 0.2) is 5.96 Å². The SMILES string of the molecule is NC(N)=NCCCOc1ccc2c(c1)CC(CC(=O)O)CC2. The lowest BCUT2D eigenvalue weighted by Crippen LogP contribution is -2.23. The van der Waals surface area contributed by atoms with Crippen LogP contribution in [0.3, 0.4) is 0 Å². The fraction of sp³-hybridized carbons (Fsp3) is 0.500. The van der Waals surface area contributed by atoms with E-state index in [0.717, 1.165) is 31.4 Å². The third kappa shape index (κ3) is 4.95. The van der Waals surface area contributed by atoms with E-state index in [0.29, 0.717) is 13.2 Å². The zero-order chi connectivity index (χ0) is 15.9. The second-order valence-electron chi connectivity index (χ2n) is 5.65. The molecule has 6 nitrogen and oxygen atoms in total. The van der Waals surface area contributed by atoms with Crippen LogP contribution >= 0.6 is 0 Å². The summed E-state index contributed by atoms with van der Waals surface area (Å²) < 4.78 is 5.70. The first-order chi connectivity index (χ1) is 10.5. The molecule has 0 amide bonds. The Morgan fingerprint density at radius 2 is 2.18 bits per heavy atom. The van der Waals surface area contributed by atoms with Crippen molar-refractivity contribution in [3.63, 3.8) is 0 Å². The number of guanidine groups is 1. The van der Waals surface area contributed by atoms with Crippen molar-refractivity contribution in [3.8, 4) is 5.75 Å². The summed E-state index contributed by atoms with van der Waals surface area (Å²) in [5.74, 6) is 0.417. The monoisotopic (exact) mass is 305 g/mol. The molecule has 0 aromatic heterocycles. The number of aliphatic carboxylic acids is 1. The molecule has 2 rings (SSSR count). The van der Waals surface area contributed by atoms with Crippen molar-refractivity contribution < 1.29 is 14.6 Å². The number of carbonyl (C=O) groups is 1. The molecule has 5 N–H and O–H groups in total. The van der Waals surface area contributed by atoms with Crippen molar-refractivity contribution in [1.29, 1.82) is 0 Å². The minimum Gasteiger partial charge on any atom is -0.494 e. The second kappa shape index (κ2) is 7.68. The van der Waals surface area contributed by atoms with E-state index >= 15 is 0 Å². The Balaban J connectivity index is 1.88. The van der Waals surface area contributed by atoms with Crippen molar-refractivity contribution in [3.05, 3.63) is 29.3 Å². The van der Waals surface area contributed by atoms with E-state index in [-0.39, 0.29) is 18.3 Å². The zero-order valence-corrected chi connectivity index (χ0v) is 12.6. The first kappa shape index (κ1) is 16.1. The molecule has 0 saturated carbocycles. The summed E-state index contributed by atoms with van der Waals surface area (Å²) in [6, 6.07) is 6.08. The third-order valence-electron chi connectivity index (χ3n) is 3.84. The van der Waals surface area contributed by atoms with Crippen LogP contribution in [0.5, 0.6) is 5.75 Å². The van der Waals surface area contributed by atoms with Crippen LogP contribution in [0.2, 0.25) is 0 Å². The van der Waals surface area contributed by atoms with Gasteiger partial charge in [0.05, 0.1) is 6.61 Å². The van der Waals surface area contributed by atoms with Gasteiger partial charge in [-0.1, -0.05) is 6.07 Å². The van der Waals surface area contributed by atoms with Crippen LogP contribution in [-0.2, 0) is 17.6 Å². The summed E-state index contributed by atoms with van der Waals surface area (Å²) >= 11 is 0. The van der Waals surface area contributed by atoms with E-state index in [1.54, 1.807) is 0 Å². The highest BCUT2D eigenvalue weighted by molar-refractivity contribution is 5.75. The number of aliphatic imine (C=N–C) groups is 1. The van der Waals surface area contributed by atoms with E-state index in [1.165, 1.54) is 11.1 Å². The molecule has 22 heavy (non-hydrogen) atoms. The highest BCUT2D eigenvalue weighted by atomic mass is 16.5. The smallest absolute Gasteiger partial charge is 0.303 e. The average molecular weight is 305 g/mol. The van der Waals surface area contributed by atoms with E-state index < -0.39 is 5.97 Å². The molecule has 6 heteroatoms. The molecule has 1 aliphatic rings. The molecule has 120 valence electrons. The number of carboxylic acid groups (broad SMARTS) is 1. The number of nitrogens with two attached hydrogens (primary N) is 2. The van der Waals surface area contributed by atoms with Gasteiger partial charge in [0.1, 0.15) is 5.75 Å². The molecule has 0 fully saturated rings. The minimum atomic E-state index is -0.722. The van der Waals surface area contributed by atoms with Crippen molar-refractivity contribution in [2.24, 2.45) is 22.4 Å². The Morgan fingerprint density at radius 1 is 1.36 bits per heavy atom. The molecule has 0 heterocycles. The molecule has 1 unspecified atom stereocenters. The minimum absolute atomic E-state index is 0.0956. The standard InChI is InChI=1S/C16H23N3O3/c17-16(18)19-6-1-7-22-14-5-4-12-3-2-11(9-15(20)21)8-13(12)10-14/h4-5,10-11H,1-3,6-9H2,(H,20,21)(H4,17,18,19). The summed E-state index contributed by atoms with van der Waals surface area (Å²) in [5.41, 5.74) is 13.0. The van der Waals surface area contributed by atoms with Crippen LogP contribution in [-0.4, -0.2) is 30.2 Å². The zero-order valence-electron chi connectivity index (χ0n) is 12.6. The number of hydrogen-bond acceptors (Lipinski definition) is 3. The Hall–Kier alpha value is -2.24. The number of nitrogens with zero attached hydrogens (tertiary/aromatic N) is 1. The summed E-state index contributed by atoms with van der Waals surface area (Å²) in [6.45, 7) is 1.10. The van der Waals surface area contributed by atoms with Gasteiger partial charge in [-0.3, -0.25) is 9.79 Å². The summed E-state index contributed by atoms with van der Waals surface area (Å²) in [7, 11) is 0. The fourth-order valence-corrected chi connectivity index (χ4v) is 2.78. The lowest BCUT2D eigenvalue weighted by Gasteiger charge is -2.24. The highest BCUT2D eigenvalue weighted by Gasteiger charge is 2.21. The molecule has 1 aromatic carbocycles. The van der Waals surface area contributed by atoms with Crippen molar-refractivity contribution in [1.82, 2.24) is 0 Å². The quantitative estimate of drug-likeness (QED) is 0.399. The first-order valence-corrected chi connectivity index (χ1v) is 7.56. The second-order valence-corrected chi connectivity index (χ2v) is 5.65. The van der Waals surface area contributed by atoms with Crippen LogP contribution in [0.1, 0.15) is 30.4 Å². The van der Waals surface area contributed by atoms with Crippen LogP contribution in [0.25, 0.3) is 0 Å². The number of carboxylic acids is 1. The van der Waals surface area contributed by atoms with Gasteiger partial charge in [0, 0.05) is 19.4 Å². The van der Waals surface area contributed by atoms with Gasteiger partial charge in [-0.25, -0.2) is 0 Å². The van der Waals surface area contributed by atoms with E-state index in [1.807, 2.05) is 12.1 Å². The number of fused-ring (bicyclic) bond motifs is 1. The molecular formula is C16H23N3O3. The number of hydrogen-bond donors (Lipinski definition) is 3. The van der Waals surface area contributed by atoms with Gasteiger partial charge in [0.25, 0.3) is 0 Å². The highest BCUT2D eigenvalue weighted by Crippen LogP contribution is 2.30. The fourth-order valence-electron chi connectivity index (χ4n) is 2.78. The number of aryl methyl sites for hydroxylation is 1. The molecule has 1 aliphatic carbocycles. The Labute approximate surface area is 130 Å². The third-order valence-corrected chi connectivity index (χ3v) is 3.84. The van der Waals surface area contributed by atoms with E-state index in [9.17, 15) is 4.79 Å². The number of ether oxygens (including phenoxy) is 1. The maximum absolute atomic E-state index is 10.8. The topological polar surface area (TPSA) is 111 Å². The van der Waals surface area contributed by atoms with Gasteiger partial charge in [-0.15, -0.1) is 0 Å². The largest absolute Gasteiger partial charge is 0.494 e. The average Bonchev–Trinajstić information content (AvgIpc) is 2.45.